The van der Waals surface area contributed by atoms with Crippen molar-refractivity contribution in [3.05, 3.63) is 35.9 Å². The molecule has 64 valence electrons. The average molecular weight is 164 g/mol. The summed E-state index contributed by atoms with van der Waals surface area (Å²) in [6, 6.07) is 10.0. The van der Waals surface area contributed by atoms with E-state index in [1.807, 2.05) is 30.3 Å². The van der Waals surface area contributed by atoms with Gasteiger partial charge in [0.05, 0.1) is 19.3 Å². The molecule has 1 saturated heterocycles. The number of ether oxygens (including phenoxy) is 1. The lowest BCUT2D eigenvalue weighted by molar-refractivity contribution is 0.124. The number of rotatable bonds is 1. The zero-order valence-corrected chi connectivity index (χ0v) is 6.81. The molecule has 0 radical (unpaired) electrons. The highest BCUT2D eigenvalue weighted by molar-refractivity contribution is 5.21. The maximum absolute atomic E-state index is 9.52. The Balaban J connectivity index is 2.19. The molecule has 0 spiro atoms. The minimum Gasteiger partial charge on any atom is -0.390 e. The number of hydrogen-bond acceptors (Lipinski definition) is 2. The van der Waals surface area contributed by atoms with Gasteiger partial charge in [0.25, 0.3) is 0 Å². The van der Waals surface area contributed by atoms with Gasteiger partial charge in [0.2, 0.25) is 0 Å². The van der Waals surface area contributed by atoms with Crippen molar-refractivity contribution >= 4 is 0 Å². The third-order valence-corrected chi connectivity index (χ3v) is 2.28. The van der Waals surface area contributed by atoms with Crippen molar-refractivity contribution in [2.45, 2.75) is 12.0 Å². The van der Waals surface area contributed by atoms with Gasteiger partial charge in [0.1, 0.15) is 0 Å². The van der Waals surface area contributed by atoms with Crippen molar-refractivity contribution < 1.29 is 9.84 Å². The predicted molar refractivity (Wildman–Crippen MR) is 46.0 cm³/mol. The minimum absolute atomic E-state index is 0.172. The van der Waals surface area contributed by atoms with Crippen molar-refractivity contribution in [3.63, 3.8) is 0 Å². The molecule has 1 N–H and O–H groups in total. The Labute approximate surface area is 71.8 Å². The van der Waals surface area contributed by atoms with Crippen LogP contribution in [0.5, 0.6) is 0 Å². The van der Waals surface area contributed by atoms with Crippen LogP contribution in [0.2, 0.25) is 0 Å². The van der Waals surface area contributed by atoms with Crippen LogP contribution in [0.15, 0.2) is 30.3 Å². The summed E-state index contributed by atoms with van der Waals surface area (Å²) < 4.78 is 5.17. The van der Waals surface area contributed by atoms with Gasteiger partial charge >= 0.3 is 0 Å². The normalized spacial score (nSPS) is 29.1. The molecule has 0 saturated carbocycles. The monoisotopic (exact) mass is 164 g/mol. The maximum Gasteiger partial charge on any atom is 0.0864 e. The summed E-state index contributed by atoms with van der Waals surface area (Å²) in [5, 5.41) is 9.52. The standard InChI is InChI=1S/C10H12O2/c11-10-7-12-6-9(10)8-4-2-1-3-5-8/h1-5,9-11H,6-7H2/t9-,10-/m1/s1. The molecule has 0 aromatic heterocycles. The fourth-order valence-electron chi connectivity index (χ4n) is 1.56. The Morgan fingerprint density at radius 1 is 1.17 bits per heavy atom. The zero-order chi connectivity index (χ0) is 8.39. The molecule has 2 atom stereocenters. The van der Waals surface area contributed by atoms with Crippen LogP contribution in [-0.2, 0) is 4.74 Å². The molecule has 2 rings (SSSR count). The first-order chi connectivity index (χ1) is 5.88. The smallest absolute Gasteiger partial charge is 0.0864 e. The molecule has 1 aromatic carbocycles. The molecular formula is C10H12O2. The second-order valence-electron chi connectivity index (χ2n) is 3.12. The average Bonchev–Trinajstić information content (AvgIpc) is 2.53. The Morgan fingerprint density at radius 3 is 2.50 bits per heavy atom. The van der Waals surface area contributed by atoms with Gasteiger partial charge in [0, 0.05) is 5.92 Å². The van der Waals surface area contributed by atoms with Gasteiger partial charge in [-0.05, 0) is 5.56 Å². The third kappa shape index (κ3) is 1.36. The highest BCUT2D eigenvalue weighted by Gasteiger charge is 2.27. The molecule has 1 heterocycles. The molecule has 12 heavy (non-hydrogen) atoms. The van der Waals surface area contributed by atoms with E-state index in [2.05, 4.69) is 0 Å². The molecular weight excluding hydrogens is 152 g/mol. The topological polar surface area (TPSA) is 29.5 Å². The Bertz CT molecular complexity index is 245. The number of aliphatic hydroxyl groups is 1. The van der Waals surface area contributed by atoms with Crippen LogP contribution in [0.3, 0.4) is 0 Å². The van der Waals surface area contributed by atoms with Crippen molar-refractivity contribution in [2.75, 3.05) is 13.2 Å². The minimum atomic E-state index is -0.326. The molecule has 1 aliphatic rings. The summed E-state index contributed by atoms with van der Waals surface area (Å²) in [6.07, 6.45) is -0.326. The predicted octanol–water partition coefficient (Wildman–Crippen LogP) is 1.16. The van der Waals surface area contributed by atoms with Crippen LogP contribution < -0.4 is 0 Å². The van der Waals surface area contributed by atoms with Gasteiger partial charge in [-0.15, -0.1) is 0 Å². The Morgan fingerprint density at radius 2 is 1.92 bits per heavy atom. The molecule has 0 amide bonds. The molecule has 0 unspecified atom stereocenters. The van der Waals surface area contributed by atoms with Crippen LogP contribution in [0, 0.1) is 0 Å². The second kappa shape index (κ2) is 3.25. The van der Waals surface area contributed by atoms with Gasteiger partial charge < -0.3 is 9.84 Å². The lowest BCUT2D eigenvalue weighted by Crippen LogP contribution is -2.15. The van der Waals surface area contributed by atoms with Crippen LogP contribution in [0.25, 0.3) is 0 Å². The van der Waals surface area contributed by atoms with Gasteiger partial charge in [-0.2, -0.15) is 0 Å². The van der Waals surface area contributed by atoms with Crippen molar-refractivity contribution in [1.29, 1.82) is 0 Å². The first-order valence-electron chi connectivity index (χ1n) is 4.18. The maximum atomic E-state index is 9.52. The summed E-state index contributed by atoms with van der Waals surface area (Å²) in [5.41, 5.74) is 1.17. The van der Waals surface area contributed by atoms with E-state index >= 15 is 0 Å². The van der Waals surface area contributed by atoms with Gasteiger partial charge in [-0.3, -0.25) is 0 Å². The number of hydrogen-bond donors (Lipinski definition) is 1. The van der Waals surface area contributed by atoms with E-state index in [9.17, 15) is 5.11 Å². The van der Waals surface area contributed by atoms with Crippen LogP contribution in [0.1, 0.15) is 11.5 Å². The first-order valence-corrected chi connectivity index (χ1v) is 4.18. The second-order valence-corrected chi connectivity index (χ2v) is 3.12. The highest BCUT2D eigenvalue weighted by atomic mass is 16.5. The lowest BCUT2D eigenvalue weighted by Gasteiger charge is -2.11. The van der Waals surface area contributed by atoms with Crippen molar-refractivity contribution in [3.8, 4) is 0 Å². The molecule has 1 aromatic rings. The summed E-state index contributed by atoms with van der Waals surface area (Å²) >= 11 is 0. The van der Waals surface area contributed by atoms with E-state index < -0.39 is 0 Å². The Kier molecular flexibility index (Phi) is 2.11. The van der Waals surface area contributed by atoms with E-state index in [1.165, 1.54) is 5.56 Å². The van der Waals surface area contributed by atoms with Crippen LogP contribution >= 0.6 is 0 Å². The SMILES string of the molecule is O[C@@H]1COC[C@@H]1c1ccccc1. The Hall–Kier alpha value is -0.860. The van der Waals surface area contributed by atoms with Gasteiger partial charge in [-0.25, -0.2) is 0 Å². The largest absolute Gasteiger partial charge is 0.390 e. The van der Waals surface area contributed by atoms with E-state index in [1.54, 1.807) is 0 Å². The van der Waals surface area contributed by atoms with E-state index in [0.29, 0.717) is 13.2 Å². The fourth-order valence-corrected chi connectivity index (χ4v) is 1.56. The van der Waals surface area contributed by atoms with Gasteiger partial charge in [-0.1, -0.05) is 30.3 Å². The summed E-state index contributed by atoms with van der Waals surface area (Å²) in [7, 11) is 0. The molecule has 2 nitrogen and oxygen atoms in total. The number of benzene rings is 1. The first kappa shape index (κ1) is 7.77. The molecule has 0 aliphatic carbocycles. The van der Waals surface area contributed by atoms with E-state index in [0.717, 1.165) is 0 Å². The zero-order valence-electron chi connectivity index (χ0n) is 6.81. The quantitative estimate of drug-likeness (QED) is 0.675. The number of aliphatic hydroxyl groups excluding tert-OH is 1. The van der Waals surface area contributed by atoms with Crippen molar-refractivity contribution in [2.24, 2.45) is 0 Å². The van der Waals surface area contributed by atoms with Crippen LogP contribution in [-0.4, -0.2) is 24.4 Å². The fraction of sp³-hybridized carbons (Fsp3) is 0.400. The molecule has 0 bridgehead atoms. The summed E-state index contributed by atoms with van der Waals surface area (Å²) in [5.74, 6) is 0.172. The van der Waals surface area contributed by atoms with Crippen LogP contribution in [0.4, 0.5) is 0 Å². The third-order valence-electron chi connectivity index (χ3n) is 2.28. The van der Waals surface area contributed by atoms with Crippen molar-refractivity contribution in [1.82, 2.24) is 0 Å². The molecule has 1 aliphatic heterocycles. The molecule has 1 fully saturated rings. The van der Waals surface area contributed by atoms with E-state index in [4.69, 9.17) is 4.74 Å². The van der Waals surface area contributed by atoms with Gasteiger partial charge in [0.15, 0.2) is 0 Å². The summed E-state index contributed by atoms with van der Waals surface area (Å²) in [6.45, 7) is 1.12. The summed E-state index contributed by atoms with van der Waals surface area (Å²) in [4.78, 5) is 0. The lowest BCUT2D eigenvalue weighted by atomic mass is 9.97. The molecule has 2 heteroatoms. The van der Waals surface area contributed by atoms with E-state index in [-0.39, 0.29) is 12.0 Å². The highest BCUT2D eigenvalue weighted by Crippen LogP contribution is 2.24.